The molecule has 0 aliphatic carbocycles. The van der Waals surface area contributed by atoms with Crippen LogP contribution in [0.5, 0.6) is 0 Å². The molecule has 0 spiro atoms. The fourth-order valence-electron chi connectivity index (χ4n) is 2.82. The lowest BCUT2D eigenvalue weighted by molar-refractivity contribution is -0.125. The Labute approximate surface area is 152 Å². The summed E-state index contributed by atoms with van der Waals surface area (Å²) >= 11 is 12.4. The first-order valence-corrected chi connectivity index (χ1v) is 8.59. The second kappa shape index (κ2) is 8.51. The fraction of sp³-hybridized carbons (Fsp3) is 0.412. The van der Waals surface area contributed by atoms with E-state index in [1.807, 2.05) is 37.1 Å². The first-order chi connectivity index (χ1) is 11.4. The van der Waals surface area contributed by atoms with Gasteiger partial charge in [0.25, 0.3) is 0 Å². The molecule has 0 fully saturated rings. The summed E-state index contributed by atoms with van der Waals surface area (Å²) in [7, 11) is 0. The molecule has 0 saturated carbocycles. The number of rotatable bonds is 8. The van der Waals surface area contributed by atoms with E-state index in [1.54, 1.807) is 12.4 Å². The van der Waals surface area contributed by atoms with Crippen molar-refractivity contribution in [2.45, 2.75) is 32.9 Å². The summed E-state index contributed by atoms with van der Waals surface area (Å²) in [6.45, 7) is 5.10. The van der Waals surface area contributed by atoms with Gasteiger partial charge in [-0.05, 0) is 17.5 Å². The average Bonchev–Trinajstić information content (AvgIpc) is 3.02. The topological polar surface area (TPSA) is 75.0 Å². The normalized spacial score (nSPS) is 12.8. The van der Waals surface area contributed by atoms with Crippen LogP contribution in [-0.4, -0.2) is 33.4 Å². The average molecular weight is 369 g/mol. The van der Waals surface area contributed by atoms with Crippen molar-refractivity contribution in [2.75, 3.05) is 6.54 Å². The summed E-state index contributed by atoms with van der Waals surface area (Å²) in [6, 6.07) is 5.12. The maximum atomic E-state index is 12.0. The predicted octanol–water partition coefficient (Wildman–Crippen LogP) is 3.27. The number of amides is 1. The van der Waals surface area contributed by atoms with Crippen molar-refractivity contribution in [3.05, 3.63) is 52.0 Å². The number of benzene rings is 1. The van der Waals surface area contributed by atoms with Crippen LogP contribution in [0.15, 0.2) is 30.7 Å². The minimum Gasteiger partial charge on any atom is -0.368 e. The minimum absolute atomic E-state index is 0.0830. The largest absolute Gasteiger partial charge is 0.368 e. The van der Waals surface area contributed by atoms with E-state index in [1.165, 1.54) is 0 Å². The number of aromatic nitrogens is 2. The van der Waals surface area contributed by atoms with Crippen LogP contribution >= 0.6 is 23.2 Å². The molecule has 1 amide bonds. The van der Waals surface area contributed by atoms with Gasteiger partial charge in [0.05, 0.1) is 28.1 Å². The third-order valence-corrected chi connectivity index (χ3v) is 4.79. The van der Waals surface area contributed by atoms with Gasteiger partial charge in [-0.3, -0.25) is 9.69 Å². The number of nitrogens with zero attached hydrogens (tertiary/aromatic N) is 2. The van der Waals surface area contributed by atoms with E-state index >= 15 is 0 Å². The standard InChI is InChI=1S/C17H22Cl2N4O/c1-11(2)16(17(20)24)23(7-6-13-8-21-10-22-13)9-12-4-3-5-14(18)15(12)19/h3-5,8,10-11,16H,6-7,9H2,1-2H3,(H2,20,24)(H,21,22)/t16-/m0/s1. The van der Waals surface area contributed by atoms with Crippen molar-refractivity contribution in [1.82, 2.24) is 14.9 Å². The van der Waals surface area contributed by atoms with Crippen molar-refractivity contribution in [1.29, 1.82) is 0 Å². The number of imidazole rings is 1. The Morgan fingerprint density at radius 3 is 2.71 bits per heavy atom. The summed E-state index contributed by atoms with van der Waals surface area (Å²) in [5.74, 6) is -0.259. The molecule has 1 aromatic carbocycles. The predicted molar refractivity (Wildman–Crippen MR) is 97.0 cm³/mol. The van der Waals surface area contributed by atoms with Gasteiger partial charge in [-0.25, -0.2) is 4.98 Å². The van der Waals surface area contributed by atoms with Gasteiger partial charge in [-0.1, -0.05) is 49.2 Å². The number of hydrogen-bond donors (Lipinski definition) is 2. The number of H-pyrrole nitrogens is 1. The van der Waals surface area contributed by atoms with Gasteiger partial charge < -0.3 is 10.7 Å². The fourth-order valence-corrected chi connectivity index (χ4v) is 3.20. The van der Waals surface area contributed by atoms with E-state index in [9.17, 15) is 4.79 Å². The highest BCUT2D eigenvalue weighted by Gasteiger charge is 2.27. The molecule has 0 radical (unpaired) electrons. The zero-order chi connectivity index (χ0) is 17.7. The molecule has 2 aromatic rings. The lowest BCUT2D eigenvalue weighted by atomic mass is 10.0. The van der Waals surface area contributed by atoms with Crippen molar-refractivity contribution in [3.63, 3.8) is 0 Å². The lowest BCUT2D eigenvalue weighted by Gasteiger charge is -2.32. The number of halogens is 2. The maximum absolute atomic E-state index is 12.0. The summed E-state index contributed by atoms with van der Waals surface area (Å²) in [5, 5.41) is 1.01. The smallest absolute Gasteiger partial charge is 0.235 e. The Balaban J connectivity index is 2.23. The van der Waals surface area contributed by atoms with Crippen molar-refractivity contribution in [3.8, 4) is 0 Å². The summed E-state index contributed by atoms with van der Waals surface area (Å²) in [4.78, 5) is 21.2. The highest BCUT2D eigenvalue weighted by Crippen LogP contribution is 2.27. The number of carbonyl (C=O) groups excluding carboxylic acids is 1. The van der Waals surface area contributed by atoms with E-state index in [-0.39, 0.29) is 17.9 Å². The van der Waals surface area contributed by atoms with Crippen LogP contribution in [0.3, 0.4) is 0 Å². The molecular weight excluding hydrogens is 347 g/mol. The van der Waals surface area contributed by atoms with Gasteiger partial charge in [0.2, 0.25) is 5.91 Å². The van der Waals surface area contributed by atoms with E-state index in [4.69, 9.17) is 28.9 Å². The summed E-state index contributed by atoms with van der Waals surface area (Å²) in [5.41, 5.74) is 7.46. The highest BCUT2D eigenvalue weighted by atomic mass is 35.5. The Hall–Kier alpha value is -1.56. The maximum Gasteiger partial charge on any atom is 0.235 e. The molecule has 0 saturated heterocycles. The number of hydrogen-bond acceptors (Lipinski definition) is 3. The minimum atomic E-state index is -0.390. The van der Waals surface area contributed by atoms with Crippen molar-refractivity contribution in [2.24, 2.45) is 11.7 Å². The van der Waals surface area contributed by atoms with E-state index in [2.05, 4.69) is 9.97 Å². The molecule has 0 bridgehead atoms. The van der Waals surface area contributed by atoms with Crippen LogP contribution in [0.25, 0.3) is 0 Å². The van der Waals surface area contributed by atoms with E-state index in [0.29, 0.717) is 29.6 Å². The molecule has 0 unspecified atom stereocenters. The number of carbonyl (C=O) groups is 1. The van der Waals surface area contributed by atoms with Gasteiger partial charge in [-0.2, -0.15) is 0 Å². The van der Waals surface area contributed by atoms with Crippen LogP contribution in [0, 0.1) is 5.92 Å². The second-order valence-corrected chi connectivity index (χ2v) is 6.87. The lowest BCUT2D eigenvalue weighted by Crippen LogP contribution is -2.48. The number of nitrogens with one attached hydrogen (secondary N) is 1. The molecule has 24 heavy (non-hydrogen) atoms. The summed E-state index contributed by atoms with van der Waals surface area (Å²) in [6.07, 6.45) is 4.19. The molecule has 1 atom stereocenters. The van der Waals surface area contributed by atoms with Crippen LogP contribution in [0.4, 0.5) is 0 Å². The zero-order valence-corrected chi connectivity index (χ0v) is 15.3. The van der Waals surface area contributed by atoms with Crippen LogP contribution in [0.2, 0.25) is 10.0 Å². The molecular formula is C17H22Cl2N4O. The monoisotopic (exact) mass is 368 g/mol. The van der Waals surface area contributed by atoms with Gasteiger partial charge >= 0.3 is 0 Å². The Morgan fingerprint density at radius 1 is 1.38 bits per heavy atom. The molecule has 7 heteroatoms. The zero-order valence-electron chi connectivity index (χ0n) is 13.8. The second-order valence-electron chi connectivity index (χ2n) is 6.09. The Kier molecular flexibility index (Phi) is 6.66. The quantitative estimate of drug-likeness (QED) is 0.750. The Morgan fingerprint density at radius 2 is 2.12 bits per heavy atom. The van der Waals surface area contributed by atoms with E-state index < -0.39 is 0 Å². The first-order valence-electron chi connectivity index (χ1n) is 7.84. The number of nitrogens with two attached hydrogens (primary N) is 1. The molecule has 0 aliphatic rings. The molecule has 130 valence electrons. The van der Waals surface area contributed by atoms with Gasteiger partial charge in [0, 0.05) is 25.7 Å². The van der Waals surface area contributed by atoms with Crippen LogP contribution in [0.1, 0.15) is 25.1 Å². The molecule has 5 nitrogen and oxygen atoms in total. The van der Waals surface area contributed by atoms with E-state index in [0.717, 1.165) is 11.3 Å². The number of primary amides is 1. The molecule has 1 heterocycles. The van der Waals surface area contributed by atoms with Gasteiger partial charge in [-0.15, -0.1) is 0 Å². The van der Waals surface area contributed by atoms with Crippen LogP contribution < -0.4 is 5.73 Å². The third-order valence-electron chi connectivity index (χ3n) is 3.93. The molecule has 3 N–H and O–H groups in total. The Bertz CT molecular complexity index is 673. The third kappa shape index (κ3) is 4.72. The molecule has 1 aromatic heterocycles. The number of aromatic amines is 1. The first kappa shape index (κ1) is 18.8. The highest BCUT2D eigenvalue weighted by molar-refractivity contribution is 6.42. The van der Waals surface area contributed by atoms with Crippen molar-refractivity contribution >= 4 is 29.1 Å². The molecule has 0 aliphatic heterocycles. The van der Waals surface area contributed by atoms with Gasteiger partial charge in [0.1, 0.15) is 0 Å². The summed E-state index contributed by atoms with van der Waals surface area (Å²) < 4.78 is 0. The van der Waals surface area contributed by atoms with Crippen molar-refractivity contribution < 1.29 is 4.79 Å². The van der Waals surface area contributed by atoms with Gasteiger partial charge in [0.15, 0.2) is 0 Å². The molecule has 2 rings (SSSR count). The van der Waals surface area contributed by atoms with Crippen LogP contribution in [-0.2, 0) is 17.8 Å². The SMILES string of the molecule is CC(C)[C@@H](C(N)=O)N(CCc1c[nH]cn1)Cc1cccc(Cl)c1Cl.